The molecule has 0 aliphatic heterocycles. The third-order valence-corrected chi connectivity index (χ3v) is 7.45. The first-order chi connectivity index (χ1) is 20.0. The van der Waals surface area contributed by atoms with Crippen LogP contribution in [-0.2, 0) is 5.54 Å². The maximum atomic E-state index is 11.7. The first-order valence-corrected chi connectivity index (χ1v) is 13.4. The van der Waals surface area contributed by atoms with E-state index in [-0.39, 0.29) is 5.69 Å². The van der Waals surface area contributed by atoms with Gasteiger partial charge in [0.1, 0.15) is 11.2 Å². The summed E-state index contributed by atoms with van der Waals surface area (Å²) in [6.07, 6.45) is 1.92. The molecule has 5 aromatic carbocycles. The number of nitro groups is 1. The number of rotatable bonds is 7. The fourth-order valence-electron chi connectivity index (χ4n) is 5.38. The Morgan fingerprint density at radius 3 is 1.78 bits per heavy atom. The average Bonchev–Trinajstić information content (AvgIpc) is 3.45. The minimum absolute atomic E-state index is 0.382. The summed E-state index contributed by atoms with van der Waals surface area (Å²) < 4.78 is 1.93. The molecule has 7 heteroatoms. The van der Waals surface area contributed by atoms with Crippen LogP contribution < -0.4 is 0 Å². The van der Waals surface area contributed by atoms with Crippen molar-refractivity contribution in [2.24, 2.45) is 0 Å². The monoisotopic (exact) mass is 557 g/mol. The number of aromatic nitrogens is 2. The Balaban J connectivity index is 1.73. The highest BCUT2D eigenvalue weighted by molar-refractivity contribution is 6.30. The predicted molar refractivity (Wildman–Crippen MR) is 161 cm³/mol. The number of aromatic hydroxyl groups is 1. The van der Waals surface area contributed by atoms with Gasteiger partial charge in [0.15, 0.2) is 5.75 Å². The molecule has 41 heavy (non-hydrogen) atoms. The molecule has 0 saturated heterocycles. The topological polar surface area (TPSA) is 81.2 Å². The van der Waals surface area contributed by atoms with Gasteiger partial charge in [-0.1, -0.05) is 121 Å². The van der Waals surface area contributed by atoms with Crippen LogP contribution in [0.3, 0.4) is 0 Å². The number of nitro benzene ring substituents is 1. The van der Waals surface area contributed by atoms with Gasteiger partial charge >= 0.3 is 5.69 Å². The van der Waals surface area contributed by atoms with E-state index in [0.29, 0.717) is 21.8 Å². The number of hydrogen-bond acceptors (Lipinski definition) is 4. The summed E-state index contributed by atoms with van der Waals surface area (Å²) in [5.41, 5.74) is 4.24. The predicted octanol–water partition coefficient (Wildman–Crippen LogP) is 8.32. The lowest BCUT2D eigenvalue weighted by Crippen LogP contribution is -2.38. The molecule has 6 aromatic rings. The van der Waals surface area contributed by atoms with Crippen LogP contribution in [-0.4, -0.2) is 19.8 Å². The number of benzene rings is 5. The molecule has 0 aliphatic rings. The fourth-order valence-corrected chi connectivity index (χ4v) is 5.57. The average molecular weight is 558 g/mol. The van der Waals surface area contributed by atoms with E-state index >= 15 is 0 Å². The van der Waals surface area contributed by atoms with Crippen molar-refractivity contribution in [1.29, 1.82) is 0 Å². The Hall–Kier alpha value is -5.20. The van der Waals surface area contributed by atoms with Crippen molar-refractivity contribution >= 4 is 17.3 Å². The summed E-state index contributed by atoms with van der Waals surface area (Å²) in [5, 5.41) is 27.7. The standard InChI is InChI=1S/C34H24ClN3O3/c35-29-18-10-11-25(21-29)33-30(24-19-20-32(39)31(22-24)38(40)41)23-37(36-33)34(26-12-4-1-5-13-26,27-14-6-2-7-15-27)28-16-8-3-9-17-28/h1-23,39H. The molecule has 1 aromatic heterocycles. The second-order valence-electron chi connectivity index (χ2n) is 9.62. The minimum Gasteiger partial charge on any atom is -0.502 e. The molecule has 0 saturated carbocycles. The number of hydrogen-bond donors (Lipinski definition) is 1. The Morgan fingerprint density at radius 1 is 0.707 bits per heavy atom. The normalized spacial score (nSPS) is 11.3. The molecule has 0 bridgehead atoms. The van der Waals surface area contributed by atoms with Gasteiger partial charge in [0.2, 0.25) is 0 Å². The van der Waals surface area contributed by atoms with Crippen molar-refractivity contribution in [3.63, 3.8) is 0 Å². The molecule has 200 valence electrons. The molecular weight excluding hydrogens is 534 g/mol. The summed E-state index contributed by atoms with van der Waals surface area (Å²) in [6.45, 7) is 0. The van der Waals surface area contributed by atoms with E-state index in [4.69, 9.17) is 16.7 Å². The largest absolute Gasteiger partial charge is 0.502 e. The summed E-state index contributed by atoms with van der Waals surface area (Å²) in [6, 6.07) is 42.1. The third kappa shape index (κ3) is 4.64. The zero-order valence-electron chi connectivity index (χ0n) is 21.8. The molecule has 0 aliphatic carbocycles. The molecule has 0 fully saturated rings. The molecule has 1 N–H and O–H groups in total. The van der Waals surface area contributed by atoms with Gasteiger partial charge in [-0.05, 0) is 40.5 Å². The van der Waals surface area contributed by atoms with Crippen molar-refractivity contribution in [3.8, 4) is 28.1 Å². The highest BCUT2D eigenvalue weighted by Gasteiger charge is 2.40. The molecule has 0 radical (unpaired) electrons. The minimum atomic E-state index is -0.891. The van der Waals surface area contributed by atoms with Gasteiger partial charge in [-0.25, -0.2) is 0 Å². The van der Waals surface area contributed by atoms with E-state index in [1.54, 1.807) is 12.1 Å². The summed E-state index contributed by atoms with van der Waals surface area (Å²) in [4.78, 5) is 11.1. The van der Waals surface area contributed by atoms with Gasteiger partial charge in [-0.3, -0.25) is 14.8 Å². The molecule has 0 amide bonds. The van der Waals surface area contributed by atoms with Crippen molar-refractivity contribution in [1.82, 2.24) is 9.78 Å². The van der Waals surface area contributed by atoms with Crippen LogP contribution in [0.2, 0.25) is 5.02 Å². The lowest BCUT2D eigenvalue weighted by molar-refractivity contribution is -0.385. The van der Waals surface area contributed by atoms with E-state index in [0.717, 1.165) is 22.3 Å². The zero-order chi connectivity index (χ0) is 28.4. The van der Waals surface area contributed by atoms with Crippen molar-refractivity contribution in [2.45, 2.75) is 5.54 Å². The molecule has 6 nitrogen and oxygen atoms in total. The quantitative estimate of drug-likeness (QED) is 0.121. The highest BCUT2D eigenvalue weighted by atomic mass is 35.5. The lowest BCUT2D eigenvalue weighted by atomic mass is 9.77. The third-order valence-electron chi connectivity index (χ3n) is 7.21. The van der Waals surface area contributed by atoms with Gasteiger partial charge < -0.3 is 5.11 Å². The number of nitrogens with zero attached hydrogens (tertiary/aromatic N) is 3. The second kappa shape index (κ2) is 10.8. The maximum absolute atomic E-state index is 11.7. The number of phenols is 1. The Morgan fingerprint density at radius 2 is 1.27 bits per heavy atom. The maximum Gasteiger partial charge on any atom is 0.311 e. The van der Waals surface area contributed by atoms with Crippen LogP contribution in [0, 0.1) is 10.1 Å². The van der Waals surface area contributed by atoms with Crippen molar-refractivity contribution in [2.75, 3.05) is 0 Å². The van der Waals surface area contributed by atoms with Gasteiger partial charge in [-0.2, -0.15) is 5.10 Å². The van der Waals surface area contributed by atoms with E-state index in [1.807, 2.05) is 83.7 Å². The molecule has 1 heterocycles. The van der Waals surface area contributed by atoms with Crippen LogP contribution in [0.1, 0.15) is 16.7 Å². The zero-order valence-corrected chi connectivity index (χ0v) is 22.5. The molecular formula is C34H24ClN3O3. The molecule has 0 spiro atoms. The van der Waals surface area contributed by atoms with Crippen LogP contribution in [0.15, 0.2) is 140 Å². The SMILES string of the molecule is O=[N+]([O-])c1cc(-c2cn(C(c3ccccc3)(c3ccccc3)c3ccccc3)nc2-c2cccc(Cl)c2)ccc1O. The van der Waals surface area contributed by atoms with Gasteiger partial charge in [-0.15, -0.1) is 0 Å². The van der Waals surface area contributed by atoms with Crippen LogP contribution in [0.25, 0.3) is 22.4 Å². The number of phenolic OH excluding ortho intramolecular Hbond substituents is 1. The van der Waals surface area contributed by atoms with E-state index in [2.05, 4.69) is 36.4 Å². The fraction of sp³-hybridized carbons (Fsp3) is 0.0294. The first-order valence-electron chi connectivity index (χ1n) is 13.0. The van der Waals surface area contributed by atoms with E-state index < -0.39 is 16.2 Å². The van der Waals surface area contributed by atoms with Gasteiger partial charge in [0.25, 0.3) is 0 Å². The van der Waals surface area contributed by atoms with Crippen LogP contribution in [0.5, 0.6) is 5.75 Å². The molecule has 0 unspecified atom stereocenters. The van der Waals surface area contributed by atoms with Crippen molar-refractivity contribution < 1.29 is 10.0 Å². The lowest BCUT2D eigenvalue weighted by Gasteiger charge is -2.36. The van der Waals surface area contributed by atoms with Gasteiger partial charge in [0.05, 0.1) is 4.92 Å². The summed E-state index contributed by atoms with van der Waals surface area (Å²) in [7, 11) is 0. The Labute approximate surface area is 241 Å². The smallest absolute Gasteiger partial charge is 0.311 e. The Bertz CT molecular complexity index is 1740. The van der Waals surface area contributed by atoms with E-state index in [1.165, 1.54) is 12.1 Å². The van der Waals surface area contributed by atoms with Crippen LogP contribution >= 0.6 is 11.6 Å². The molecule has 0 atom stereocenters. The van der Waals surface area contributed by atoms with Gasteiger partial charge in [0, 0.05) is 28.4 Å². The van der Waals surface area contributed by atoms with Crippen molar-refractivity contribution in [3.05, 3.63) is 171 Å². The summed E-state index contributed by atoms with van der Waals surface area (Å²) >= 11 is 6.41. The Kier molecular flexibility index (Phi) is 6.83. The first kappa shape index (κ1) is 26.0. The van der Waals surface area contributed by atoms with E-state index in [9.17, 15) is 15.2 Å². The molecule has 6 rings (SSSR count). The highest BCUT2D eigenvalue weighted by Crippen LogP contribution is 2.44. The number of halogens is 1. The van der Waals surface area contributed by atoms with Crippen LogP contribution in [0.4, 0.5) is 5.69 Å². The summed E-state index contributed by atoms with van der Waals surface area (Å²) in [5.74, 6) is -0.400. The second-order valence-corrected chi connectivity index (χ2v) is 10.1.